The number of thiophene rings is 1. The van der Waals surface area contributed by atoms with Gasteiger partial charge >= 0.3 is 0 Å². The topological polar surface area (TPSA) is 76.9 Å². The number of carbonyl (C=O) groups is 1. The molecule has 3 heterocycles. The Bertz CT molecular complexity index is 1170. The maximum Gasteiger partial charge on any atom is 0.262 e. The lowest BCUT2D eigenvalue weighted by atomic mass is 10.2. The molecule has 0 saturated carbocycles. The molecule has 1 amide bonds. The Morgan fingerprint density at radius 1 is 1.14 bits per heavy atom. The summed E-state index contributed by atoms with van der Waals surface area (Å²) in [6, 6.07) is 17.0. The van der Waals surface area contributed by atoms with Gasteiger partial charge in [0, 0.05) is 11.1 Å². The Labute approximate surface area is 165 Å². The van der Waals surface area contributed by atoms with Gasteiger partial charge in [-0.25, -0.2) is 4.98 Å². The highest BCUT2D eigenvalue weighted by Gasteiger charge is 2.14. The first-order chi connectivity index (χ1) is 13.6. The van der Waals surface area contributed by atoms with Gasteiger partial charge < -0.3 is 5.32 Å². The number of amides is 1. The van der Waals surface area contributed by atoms with Crippen LogP contribution in [0.4, 0.5) is 0 Å². The van der Waals surface area contributed by atoms with Gasteiger partial charge in [-0.1, -0.05) is 36.4 Å². The molecule has 140 valence electrons. The third kappa shape index (κ3) is 3.70. The Morgan fingerprint density at radius 3 is 2.68 bits per heavy atom. The zero-order chi connectivity index (χ0) is 19.5. The van der Waals surface area contributed by atoms with E-state index in [1.54, 1.807) is 6.20 Å². The minimum atomic E-state index is -0.264. The van der Waals surface area contributed by atoms with E-state index in [4.69, 9.17) is 0 Å². The molecule has 0 fully saturated rings. The summed E-state index contributed by atoms with van der Waals surface area (Å²) in [5.41, 5.74) is 1.59. The highest BCUT2D eigenvalue weighted by molar-refractivity contribution is 7.21. The summed E-state index contributed by atoms with van der Waals surface area (Å²) in [5.74, 6) is -0.264. The number of benzene rings is 1. The van der Waals surface area contributed by atoms with E-state index in [0.717, 1.165) is 16.1 Å². The lowest BCUT2D eigenvalue weighted by molar-refractivity contribution is -0.122. The number of aromatic nitrogens is 3. The van der Waals surface area contributed by atoms with Gasteiger partial charge in [-0.3, -0.25) is 19.1 Å². The van der Waals surface area contributed by atoms with Gasteiger partial charge in [0.15, 0.2) is 0 Å². The SMILES string of the molecule is CC(NC(=O)Cn1cnc2sc(-c3ccccc3)cc2c1=O)c1ccccn1. The monoisotopic (exact) mass is 390 g/mol. The van der Waals surface area contributed by atoms with Gasteiger partial charge in [-0.2, -0.15) is 0 Å². The molecule has 4 rings (SSSR count). The second-order valence-corrected chi connectivity index (χ2v) is 7.45. The molecule has 7 heteroatoms. The fourth-order valence-electron chi connectivity index (χ4n) is 2.97. The lowest BCUT2D eigenvalue weighted by Gasteiger charge is -2.13. The van der Waals surface area contributed by atoms with Crippen LogP contribution in [0.3, 0.4) is 0 Å². The van der Waals surface area contributed by atoms with Crippen LogP contribution in [-0.4, -0.2) is 20.4 Å². The molecule has 3 aromatic heterocycles. The molecule has 6 nitrogen and oxygen atoms in total. The first-order valence-electron chi connectivity index (χ1n) is 8.86. The Morgan fingerprint density at radius 2 is 1.93 bits per heavy atom. The largest absolute Gasteiger partial charge is 0.346 e. The van der Waals surface area contributed by atoms with Crippen molar-refractivity contribution in [3.05, 3.63) is 83.2 Å². The highest BCUT2D eigenvalue weighted by atomic mass is 32.1. The van der Waals surface area contributed by atoms with Crippen LogP contribution in [-0.2, 0) is 11.3 Å². The van der Waals surface area contributed by atoms with E-state index >= 15 is 0 Å². The van der Waals surface area contributed by atoms with Crippen LogP contribution in [0.1, 0.15) is 18.7 Å². The van der Waals surface area contributed by atoms with E-state index in [2.05, 4.69) is 15.3 Å². The van der Waals surface area contributed by atoms with Crippen molar-refractivity contribution < 1.29 is 4.79 Å². The van der Waals surface area contributed by atoms with Crippen LogP contribution in [0.2, 0.25) is 0 Å². The third-order valence-corrected chi connectivity index (χ3v) is 5.49. The number of hydrogen-bond donors (Lipinski definition) is 1. The smallest absolute Gasteiger partial charge is 0.262 e. The summed E-state index contributed by atoms with van der Waals surface area (Å²) >= 11 is 1.47. The van der Waals surface area contributed by atoms with Crippen molar-refractivity contribution in [3.8, 4) is 10.4 Å². The van der Waals surface area contributed by atoms with Crippen molar-refractivity contribution in [1.29, 1.82) is 0 Å². The van der Waals surface area contributed by atoms with E-state index in [0.29, 0.717) is 10.2 Å². The second kappa shape index (κ2) is 7.74. The zero-order valence-electron chi connectivity index (χ0n) is 15.2. The summed E-state index contributed by atoms with van der Waals surface area (Å²) in [7, 11) is 0. The van der Waals surface area contributed by atoms with Crippen molar-refractivity contribution in [2.24, 2.45) is 0 Å². The first kappa shape index (κ1) is 18.1. The summed E-state index contributed by atoms with van der Waals surface area (Å²) in [6.45, 7) is 1.77. The number of hydrogen-bond acceptors (Lipinski definition) is 5. The second-order valence-electron chi connectivity index (χ2n) is 6.42. The molecule has 1 unspecified atom stereocenters. The fourth-order valence-corrected chi connectivity index (χ4v) is 3.96. The first-order valence-corrected chi connectivity index (χ1v) is 9.68. The molecule has 0 saturated heterocycles. The Hall–Kier alpha value is -3.32. The van der Waals surface area contributed by atoms with E-state index in [9.17, 15) is 9.59 Å². The molecule has 0 radical (unpaired) electrons. The fraction of sp³-hybridized carbons (Fsp3) is 0.143. The minimum absolute atomic E-state index is 0.0878. The molecular formula is C21H18N4O2S. The normalized spacial score (nSPS) is 12.0. The lowest BCUT2D eigenvalue weighted by Crippen LogP contribution is -2.34. The molecule has 1 atom stereocenters. The molecule has 4 aromatic rings. The van der Waals surface area contributed by atoms with E-state index in [-0.39, 0.29) is 24.1 Å². The van der Waals surface area contributed by atoms with Crippen molar-refractivity contribution in [3.63, 3.8) is 0 Å². The van der Waals surface area contributed by atoms with Crippen molar-refractivity contribution in [2.45, 2.75) is 19.5 Å². The number of carbonyl (C=O) groups excluding carboxylic acids is 1. The number of nitrogens with one attached hydrogen (secondary N) is 1. The molecule has 0 bridgehead atoms. The maximum absolute atomic E-state index is 12.8. The molecule has 1 N–H and O–H groups in total. The number of nitrogens with zero attached hydrogens (tertiary/aromatic N) is 3. The van der Waals surface area contributed by atoms with E-state index in [1.807, 2.05) is 61.5 Å². The third-order valence-electron chi connectivity index (χ3n) is 4.40. The van der Waals surface area contributed by atoms with Gasteiger partial charge in [0.1, 0.15) is 11.4 Å². The molecule has 0 aliphatic rings. The maximum atomic E-state index is 12.8. The Balaban J connectivity index is 1.55. The van der Waals surface area contributed by atoms with E-state index < -0.39 is 0 Å². The molecule has 0 aliphatic carbocycles. The summed E-state index contributed by atoms with van der Waals surface area (Å²) in [6.07, 6.45) is 3.11. The highest BCUT2D eigenvalue weighted by Crippen LogP contribution is 2.30. The molecular weight excluding hydrogens is 372 g/mol. The van der Waals surface area contributed by atoms with Gasteiger partial charge in [-0.05, 0) is 30.7 Å². The van der Waals surface area contributed by atoms with Gasteiger partial charge in [0.2, 0.25) is 5.91 Å². The predicted octanol–water partition coefficient (Wildman–Crippen LogP) is 3.40. The molecule has 0 spiro atoms. The van der Waals surface area contributed by atoms with Crippen LogP contribution < -0.4 is 10.9 Å². The van der Waals surface area contributed by atoms with Gasteiger partial charge in [-0.15, -0.1) is 11.3 Å². The van der Waals surface area contributed by atoms with Crippen LogP contribution in [0.15, 0.2) is 71.9 Å². The summed E-state index contributed by atoms with van der Waals surface area (Å²) in [4.78, 5) is 35.4. The Kier molecular flexibility index (Phi) is 4.99. The summed E-state index contributed by atoms with van der Waals surface area (Å²) in [5, 5.41) is 3.39. The van der Waals surface area contributed by atoms with Gasteiger partial charge in [0.05, 0.1) is 23.4 Å². The van der Waals surface area contributed by atoms with Crippen LogP contribution in [0, 0.1) is 0 Å². The predicted molar refractivity (Wildman–Crippen MR) is 110 cm³/mol. The van der Waals surface area contributed by atoms with Crippen LogP contribution in [0.5, 0.6) is 0 Å². The van der Waals surface area contributed by atoms with Gasteiger partial charge in [0.25, 0.3) is 5.56 Å². The minimum Gasteiger partial charge on any atom is -0.346 e. The number of fused-ring (bicyclic) bond motifs is 1. The number of pyridine rings is 1. The molecule has 1 aromatic carbocycles. The average molecular weight is 390 g/mol. The van der Waals surface area contributed by atoms with Crippen LogP contribution in [0.25, 0.3) is 20.7 Å². The summed E-state index contributed by atoms with van der Waals surface area (Å²) < 4.78 is 1.34. The standard InChI is InChI=1S/C21H18N4O2S/c1-14(17-9-5-6-10-22-17)24-19(26)12-25-13-23-20-16(21(25)27)11-18(28-20)15-7-3-2-4-8-15/h2-11,13-14H,12H2,1H3,(H,24,26). The quantitative estimate of drug-likeness (QED) is 0.567. The number of rotatable bonds is 5. The van der Waals surface area contributed by atoms with E-state index in [1.165, 1.54) is 22.2 Å². The van der Waals surface area contributed by atoms with Crippen LogP contribution >= 0.6 is 11.3 Å². The molecule has 28 heavy (non-hydrogen) atoms. The van der Waals surface area contributed by atoms with Crippen molar-refractivity contribution in [1.82, 2.24) is 19.9 Å². The zero-order valence-corrected chi connectivity index (χ0v) is 16.0. The average Bonchev–Trinajstić information content (AvgIpc) is 3.17. The van der Waals surface area contributed by atoms with Crippen molar-refractivity contribution in [2.75, 3.05) is 0 Å². The van der Waals surface area contributed by atoms with Crippen molar-refractivity contribution >= 4 is 27.5 Å². The molecule has 0 aliphatic heterocycles.